The highest BCUT2D eigenvalue weighted by Gasteiger charge is 2.52. The number of phenols is 1. The summed E-state index contributed by atoms with van der Waals surface area (Å²) < 4.78 is 14.3. The molecule has 0 aliphatic carbocycles. The third-order valence-corrected chi connectivity index (χ3v) is 9.15. The van der Waals surface area contributed by atoms with E-state index in [1.54, 1.807) is 39.1 Å². The van der Waals surface area contributed by atoms with Gasteiger partial charge in [-0.1, -0.05) is 41.7 Å². The average molecular weight is 647 g/mol. The van der Waals surface area contributed by atoms with E-state index in [2.05, 4.69) is 10.3 Å². The summed E-state index contributed by atoms with van der Waals surface area (Å²) in [6.07, 6.45) is -0.495. The number of hydrogen-bond acceptors (Lipinski definition) is 9. The number of amides is 4. The van der Waals surface area contributed by atoms with Gasteiger partial charge in [-0.3, -0.25) is 14.6 Å². The number of thiazole rings is 1. The zero-order chi connectivity index (χ0) is 32.7. The van der Waals surface area contributed by atoms with Crippen LogP contribution >= 0.6 is 11.3 Å². The van der Waals surface area contributed by atoms with Gasteiger partial charge in [-0.2, -0.15) is 5.01 Å². The van der Waals surface area contributed by atoms with E-state index >= 15 is 0 Å². The number of nitrogens with two attached hydrogens (primary N) is 2. The summed E-state index contributed by atoms with van der Waals surface area (Å²) in [6.45, 7) is 4.11. The highest BCUT2D eigenvalue weighted by Crippen LogP contribution is 2.33. The molecule has 14 heteroatoms. The van der Waals surface area contributed by atoms with Gasteiger partial charge < -0.3 is 31.7 Å². The minimum Gasteiger partial charge on any atom is -0.506 e. The van der Waals surface area contributed by atoms with Crippen molar-refractivity contribution in [2.75, 3.05) is 24.6 Å². The van der Waals surface area contributed by atoms with Crippen LogP contribution < -0.4 is 16.8 Å². The standard InChI is InChI=1S/C32H35FN8O4S/c1-18(2)41(32(45)36-14-19-6-9-22(33)10-7-19)39-17-28(43)40-24(13-20-8-11-25(42)23(34)12-20)30(44)38(16-27(39)40)15-21-4-3-5-26-29(21)37-31(35)46-26/h3-12,18,24,27,42H,13-17,34H2,1-2H3,(H2,35,37)(H,36,45)/t24-,27+/m0/s1. The molecule has 6 rings (SSSR count). The zero-order valence-corrected chi connectivity index (χ0v) is 26.2. The molecule has 2 aliphatic rings. The van der Waals surface area contributed by atoms with E-state index in [4.69, 9.17) is 11.5 Å². The number of urea groups is 1. The number of nitrogen functional groups attached to an aromatic ring is 2. The Balaban J connectivity index is 1.32. The third kappa shape index (κ3) is 6.00. The number of hydrazine groups is 1. The summed E-state index contributed by atoms with van der Waals surface area (Å²) in [5.41, 5.74) is 15.1. The molecule has 0 bridgehead atoms. The molecule has 12 nitrogen and oxygen atoms in total. The fourth-order valence-electron chi connectivity index (χ4n) is 6.18. The number of aromatic hydroxyl groups is 1. The lowest BCUT2D eigenvalue weighted by molar-refractivity contribution is -0.158. The maximum Gasteiger partial charge on any atom is 0.332 e. The van der Waals surface area contributed by atoms with E-state index < -0.39 is 18.2 Å². The summed E-state index contributed by atoms with van der Waals surface area (Å²) in [7, 11) is 0. The Hall–Kier alpha value is -4.95. The van der Waals surface area contributed by atoms with Crippen LogP contribution in [0.15, 0.2) is 60.7 Å². The van der Waals surface area contributed by atoms with Gasteiger partial charge in [0.25, 0.3) is 0 Å². The molecule has 2 aliphatic heterocycles. The highest BCUT2D eigenvalue weighted by molar-refractivity contribution is 7.22. The number of fused-ring (bicyclic) bond motifs is 2. The zero-order valence-electron chi connectivity index (χ0n) is 25.4. The van der Waals surface area contributed by atoms with Crippen LogP contribution in [0.1, 0.15) is 30.5 Å². The first-order chi connectivity index (χ1) is 22.0. The molecule has 6 N–H and O–H groups in total. The second-order valence-electron chi connectivity index (χ2n) is 11.8. The van der Waals surface area contributed by atoms with Gasteiger partial charge in [-0.05, 0) is 60.9 Å². The number of halogens is 1. The maximum atomic E-state index is 14.2. The number of nitrogens with zero attached hydrogens (tertiary/aromatic N) is 5. The molecule has 0 unspecified atom stereocenters. The number of benzene rings is 3. The van der Waals surface area contributed by atoms with Crippen LogP contribution in [0.2, 0.25) is 0 Å². The van der Waals surface area contributed by atoms with Crippen LogP contribution in [0.25, 0.3) is 10.2 Å². The van der Waals surface area contributed by atoms with E-state index in [1.165, 1.54) is 34.5 Å². The molecule has 1 aromatic heterocycles. The second kappa shape index (κ2) is 12.4. The monoisotopic (exact) mass is 646 g/mol. The number of anilines is 2. The number of hydrogen-bond donors (Lipinski definition) is 4. The van der Waals surface area contributed by atoms with E-state index in [-0.39, 0.29) is 67.7 Å². The first-order valence-electron chi connectivity index (χ1n) is 14.9. The molecule has 3 aromatic carbocycles. The van der Waals surface area contributed by atoms with Crippen LogP contribution in [-0.2, 0) is 29.1 Å². The second-order valence-corrected chi connectivity index (χ2v) is 12.8. The number of phenolic OH excluding ortho intramolecular Hbond substituents is 1. The Bertz CT molecular complexity index is 1800. The van der Waals surface area contributed by atoms with E-state index in [0.29, 0.717) is 16.2 Å². The van der Waals surface area contributed by atoms with E-state index in [9.17, 15) is 23.9 Å². The maximum absolute atomic E-state index is 14.2. The summed E-state index contributed by atoms with van der Waals surface area (Å²) in [6, 6.07) is 14.6. The SMILES string of the molecule is CC(C)N(C(=O)NCc1ccc(F)cc1)N1CC(=O)N2[C@@H](Cc3ccc(O)c(N)c3)C(=O)N(Cc3cccc4sc(N)nc34)C[C@@H]21. The Morgan fingerprint density at radius 3 is 2.59 bits per heavy atom. The number of carbonyl (C=O) groups excluding carboxylic acids is 3. The number of para-hydroxylation sites is 1. The van der Waals surface area contributed by atoms with Gasteiger partial charge in [0.05, 0.1) is 29.0 Å². The van der Waals surface area contributed by atoms with Crippen molar-refractivity contribution >= 4 is 50.2 Å². The molecule has 240 valence electrons. The molecule has 0 spiro atoms. The average Bonchev–Trinajstić information content (AvgIpc) is 3.55. The number of piperazine rings is 1. The lowest BCUT2D eigenvalue weighted by Gasteiger charge is -2.47. The van der Waals surface area contributed by atoms with Gasteiger partial charge in [0.15, 0.2) is 5.13 Å². The quantitative estimate of drug-likeness (QED) is 0.168. The smallest absolute Gasteiger partial charge is 0.332 e. The summed E-state index contributed by atoms with van der Waals surface area (Å²) in [5, 5.41) is 16.5. The number of nitrogens with one attached hydrogen (secondary N) is 1. The highest BCUT2D eigenvalue weighted by atomic mass is 32.1. The topological polar surface area (TPSA) is 161 Å². The van der Waals surface area contributed by atoms with Gasteiger partial charge in [-0.15, -0.1) is 0 Å². The Labute approximate surface area is 269 Å². The molecule has 0 saturated carbocycles. The van der Waals surface area contributed by atoms with Gasteiger partial charge in [0.1, 0.15) is 23.8 Å². The Morgan fingerprint density at radius 2 is 1.87 bits per heavy atom. The van der Waals surface area contributed by atoms with Crippen LogP contribution in [0.5, 0.6) is 5.75 Å². The van der Waals surface area contributed by atoms with Crippen molar-refractivity contribution in [2.45, 2.75) is 51.6 Å². The van der Waals surface area contributed by atoms with Crippen molar-refractivity contribution in [3.8, 4) is 5.75 Å². The van der Waals surface area contributed by atoms with Crippen molar-refractivity contribution < 1.29 is 23.9 Å². The van der Waals surface area contributed by atoms with Crippen molar-refractivity contribution in [1.29, 1.82) is 0 Å². The predicted molar refractivity (Wildman–Crippen MR) is 172 cm³/mol. The van der Waals surface area contributed by atoms with Gasteiger partial charge in [-0.25, -0.2) is 14.2 Å². The molecular weight excluding hydrogens is 611 g/mol. The van der Waals surface area contributed by atoms with Gasteiger partial charge in [0.2, 0.25) is 11.8 Å². The van der Waals surface area contributed by atoms with E-state index in [0.717, 1.165) is 15.8 Å². The van der Waals surface area contributed by atoms with Crippen LogP contribution in [0.3, 0.4) is 0 Å². The van der Waals surface area contributed by atoms with Crippen LogP contribution in [-0.4, -0.2) is 79.1 Å². The molecular formula is C32H35FN8O4S. The number of rotatable bonds is 8. The molecule has 2 fully saturated rings. The normalized spacial score (nSPS) is 18.4. The molecule has 4 amide bonds. The molecule has 2 atom stereocenters. The molecule has 46 heavy (non-hydrogen) atoms. The van der Waals surface area contributed by atoms with Crippen molar-refractivity contribution in [2.24, 2.45) is 0 Å². The first kappa shape index (κ1) is 31.0. The molecule has 3 heterocycles. The lowest BCUT2D eigenvalue weighted by Crippen LogP contribution is -2.66. The van der Waals surface area contributed by atoms with Gasteiger partial charge >= 0.3 is 6.03 Å². The minimum atomic E-state index is -0.892. The summed E-state index contributed by atoms with van der Waals surface area (Å²) >= 11 is 1.36. The minimum absolute atomic E-state index is 0.0727. The van der Waals surface area contributed by atoms with Crippen LogP contribution in [0, 0.1) is 5.82 Å². The Morgan fingerprint density at radius 1 is 1.13 bits per heavy atom. The summed E-state index contributed by atoms with van der Waals surface area (Å²) in [4.78, 5) is 49.3. The number of aromatic nitrogens is 1. The van der Waals surface area contributed by atoms with Crippen molar-refractivity contribution in [3.63, 3.8) is 0 Å². The van der Waals surface area contributed by atoms with Gasteiger partial charge in [0, 0.05) is 25.6 Å². The predicted octanol–water partition coefficient (Wildman–Crippen LogP) is 3.26. The molecule has 0 radical (unpaired) electrons. The fourth-order valence-corrected chi connectivity index (χ4v) is 6.97. The lowest BCUT2D eigenvalue weighted by atomic mass is 9.99. The number of carbonyl (C=O) groups is 3. The largest absolute Gasteiger partial charge is 0.506 e. The Kier molecular flexibility index (Phi) is 8.40. The van der Waals surface area contributed by atoms with Crippen molar-refractivity contribution in [3.05, 3.63) is 83.2 Å². The fraction of sp³-hybridized carbons (Fsp3) is 0.312. The third-order valence-electron chi connectivity index (χ3n) is 8.30. The molecule has 2 saturated heterocycles. The van der Waals surface area contributed by atoms with Crippen LogP contribution in [0.4, 0.5) is 20.0 Å². The summed E-state index contributed by atoms with van der Waals surface area (Å²) in [5.74, 6) is -0.988. The van der Waals surface area contributed by atoms with Crippen molar-refractivity contribution in [1.82, 2.24) is 30.1 Å². The van der Waals surface area contributed by atoms with E-state index in [1.807, 2.05) is 32.0 Å². The molecule has 4 aromatic rings. The first-order valence-corrected chi connectivity index (χ1v) is 15.7.